The maximum Gasteiger partial charge on any atom is 0.127 e. The van der Waals surface area contributed by atoms with Gasteiger partial charge in [0.2, 0.25) is 0 Å². The molecule has 20 heavy (non-hydrogen) atoms. The maximum atomic E-state index is 13.7. The molecule has 0 bridgehead atoms. The molecule has 0 fully saturated rings. The van der Waals surface area contributed by atoms with E-state index in [9.17, 15) is 8.78 Å². The molecule has 0 saturated heterocycles. The molecule has 0 N–H and O–H groups in total. The lowest BCUT2D eigenvalue weighted by Gasteiger charge is -2.15. The molecule has 0 aromatic heterocycles. The topological polar surface area (TPSA) is 9.23 Å². The van der Waals surface area contributed by atoms with E-state index in [0.29, 0.717) is 21.9 Å². The van der Waals surface area contributed by atoms with Crippen molar-refractivity contribution in [2.45, 2.75) is 11.8 Å². The highest BCUT2D eigenvalue weighted by Gasteiger charge is 2.18. The minimum absolute atomic E-state index is 0.146. The van der Waals surface area contributed by atoms with E-state index < -0.39 is 17.0 Å². The Morgan fingerprint density at radius 1 is 1.20 bits per heavy atom. The predicted octanol–water partition coefficient (Wildman–Crippen LogP) is 5.15. The number of ether oxygens (including phenoxy) is 1. The molecule has 0 aliphatic heterocycles. The summed E-state index contributed by atoms with van der Waals surface area (Å²) in [4.78, 5) is 0. The molecule has 0 radical (unpaired) electrons. The van der Waals surface area contributed by atoms with Crippen LogP contribution in [0.1, 0.15) is 16.5 Å². The van der Waals surface area contributed by atoms with Gasteiger partial charge in [0, 0.05) is 16.1 Å². The van der Waals surface area contributed by atoms with Crippen molar-refractivity contribution in [1.29, 1.82) is 0 Å². The van der Waals surface area contributed by atoms with Crippen molar-refractivity contribution in [3.8, 4) is 5.75 Å². The first kappa shape index (κ1) is 15.1. The molecule has 1 nitrogen and oxygen atoms in total. The molecule has 0 amide bonds. The molecule has 0 saturated carbocycles. The van der Waals surface area contributed by atoms with Crippen LogP contribution in [0.3, 0.4) is 0 Å². The summed E-state index contributed by atoms with van der Waals surface area (Å²) in [6.45, 7) is 0. The van der Waals surface area contributed by atoms with Crippen LogP contribution < -0.4 is 4.74 Å². The highest BCUT2D eigenvalue weighted by Crippen LogP contribution is 2.35. The standard InChI is InChI=1S/C15H12Cl2F2O/c1-20-15-6-5-9(18)7-11(15)13(17)8-10-12(16)3-2-4-14(10)19/h2-7,13H,8H2,1H3. The van der Waals surface area contributed by atoms with Crippen molar-refractivity contribution in [3.05, 3.63) is 64.2 Å². The highest BCUT2D eigenvalue weighted by atomic mass is 35.5. The number of halogens is 4. The molecular formula is C15H12Cl2F2O. The Bertz CT molecular complexity index is 597. The molecule has 2 aromatic carbocycles. The Balaban J connectivity index is 2.33. The molecule has 0 heterocycles. The highest BCUT2D eigenvalue weighted by molar-refractivity contribution is 6.31. The average molecular weight is 317 g/mol. The maximum absolute atomic E-state index is 13.7. The Morgan fingerprint density at radius 3 is 2.60 bits per heavy atom. The molecule has 106 valence electrons. The van der Waals surface area contributed by atoms with Crippen molar-refractivity contribution in [2.24, 2.45) is 0 Å². The van der Waals surface area contributed by atoms with Gasteiger partial charge in [0.1, 0.15) is 17.4 Å². The number of alkyl halides is 1. The Kier molecular flexibility index (Phi) is 4.84. The molecule has 0 aliphatic rings. The van der Waals surface area contributed by atoms with Gasteiger partial charge in [-0.3, -0.25) is 0 Å². The lowest BCUT2D eigenvalue weighted by molar-refractivity contribution is 0.407. The minimum Gasteiger partial charge on any atom is -0.496 e. The Hall–Kier alpha value is -1.32. The van der Waals surface area contributed by atoms with E-state index in [1.54, 1.807) is 6.07 Å². The number of hydrogen-bond donors (Lipinski definition) is 0. The fourth-order valence-corrected chi connectivity index (χ4v) is 2.53. The quantitative estimate of drug-likeness (QED) is 0.709. The molecule has 1 atom stereocenters. The van der Waals surface area contributed by atoms with Gasteiger partial charge in [0.25, 0.3) is 0 Å². The van der Waals surface area contributed by atoms with E-state index in [0.717, 1.165) is 0 Å². The molecule has 2 rings (SSSR count). The normalized spacial score (nSPS) is 12.2. The summed E-state index contributed by atoms with van der Waals surface area (Å²) in [5.41, 5.74) is 0.772. The van der Waals surface area contributed by atoms with E-state index in [-0.39, 0.29) is 6.42 Å². The van der Waals surface area contributed by atoms with Crippen molar-refractivity contribution in [1.82, 2.24) is 0 Å². The van der Waals surface area contributed by atoms with Crippen molar-refractivity contribution in [2.75, 3.05) is 7.11 Å². The summed E-state index contributed by atoms with van der Waals surface area (Å²) >= 11 is 12.2. The second-order valence-corrected chi connectivity index (χ2v) is 5.19. The first-order valence-electron chi connectivity index (χ1n) is 5.93. The number of methoxy groups -OCH3 is 1. The summed E-state index contributed by atoms with van der Waals surface area (Å²) in [5.74, 6) is -0.400. The van der Waals surface area contributed by atoms with Crippen molar-refractivity contribution >= 4 is 23.2 Å². The van der Waals surface area contributed by atoms with Gasteiger partial charge in [-0.05, 0) is 36.8 Å². The van der Waals surface area contributed by atoms with E-state index in [4.69, 9.17) is 27.9 Å². The summed E-state index contributed by atoms with van der Waals surface area (Å²) in [6, 6.07) is 8.48. The second-order valence-electron chi connectivity index (χ2n) is 4.26. The van der Waals surface area contributed by atoms with Crippen molar-refractivity contribution < 1.29 is 13.5 Å². The smallest absolute Gasteiger partial charge is 0.127 e. The summed E-state index contributed by atoms with van der Waals surface area (Å²) in [6.07, 6.45) is 0.146. The summed E-state index contributed by atoms with van der Waals surface area (Å²) in [7, 11) is 1.47. The van der Waals surface area contributed by atoms with Gasteiger partial charge in [0.15, 0.2) is 0 Å². The average Bonchev–Trinajstić information content (AvgIpc) is 2.43. The van der Waals surface area contributed by atoms with Gasteiger partial charge < -0.3 is 4.74 Å². The second kappa shape index (κ2) is 6.42. The zero-order valence-electron chi connectivity index (χ0n) is 10.7. The molecule has 5 heteroatoms. The largest absolute Gasteiger partial charge is 0.496 e. The molecular weight excluding hydrogens is 305 g/mol. The van der Waals surface area contributed by atoms with Crippen LogP contribution in [-0.2, 0) is 6.42 Å². The lowest BCUT2D eigenvalue weighted by atomic mass is 10.0. The first-order chi connectivity index (χ1) is 9.52. The first-order valence-corrected chi connectivity index (χ1v) is 6.74. The van der Waals surface area contributed by atoms with Gasteiger partial charge in [-0.15, -0.1) is 11.6 Å². The number of hydrogen-bond acceptors (Lipinski definition) is 1. The van der Waals surface area contributed by atoms with Crippen LogP contribution in [0.5, 0.6) is 5.75 Å². The van der Waals surface area contributed by atoms with E-state index >= 15 is 0 Å². The van der Waals surface area contributed by atoms with Crippen LogP contribution in [0, 0.1) is 11.6 Å². The van der Waals surface area contributed by atoms with E-state index in [1.807, 2.05) is 0 Å². The predicted molar refractivity (Wildman–Crippen MR) is 76.7 cm³/mol. The van der Waals surface area contributed by atoms with Crippen LogP contribution in [0.15, 0.2) is 36.4 Å². The zero-order valence-corrected chi connectivity index (χ0v) is 12.2. The molecule has 2 aromatic rings. The Morgan fingerprint density at radius 2 is 1.95 bits per heavy atom. The van der Waals surface area contributed by atoms with Crippen LogP contribution in [0.4, 0.5) is 8.78 Å². The fourth-order valence-electron chi connectivity index (χ4n) is 1.97. The SMILES string of the molecule is COc1ccc(F)cc1C(Cl)Cc1c(F)cccc1Cl. The van der Waals surface area contributed by atoms with E-state index in [2.05, 4.69) is 0 Å². The Labute approximate surface area is 126 Å². The third-order valence-corrected chi connectivity index (χ3v) is 3.72. The van der Waals surface area contributed by atoms with E-state index in [1.165, 1.54) is 37.4 Å². The monoisotopic (exact) mass is 316 g/mol. The third-order valence-electron chi connectivity index (χ3n) is 2.97. The van der Waals surface area contributed by atoms with Crippen LogP contribution >= 0.6 is 23.2 Å². The van der Waals surface area contributed by atoms with Gasteiger partial charge >= 0.3 is 0 Å². The summed E-state index contributed by atoms with van der Waals surface area (Å²) in [5, 5.41) is -0.346. The van der Waals surface area contributed by atoms with Crippen LogP contribution in [0.2, 0.25) is 5.02 Å². The lowest BCUT2D eigenvalue weighted by Crippen LogP contribution is -2.02. The molecule has 1 unspecified atom stereocenters. The zero-order chi connectivity index (χ0) is 14.7. The van der Waals surface area contributed by atoms with Crippen molar-refractivity contribution in [3.63, 3.8) is 0 Å². The number of benzene rings is 2. The van der Waals surface area contributed by atoms with Crippen LogP contribution in [-0.4, -0.2) is 7.11 Å². The van der Waals surface area contributed by atoms with Gasteiger partial charge in [-0.2, -0.15) is 0 Å². The van der Waals surface area contributed by atoms with Gasteiger partial charge in [0.05, 0.1) is 12.5 Å². The van der Waals surface area contributed by atoms with Gasteiger partial charge in [-0.25, -0.2) is 8.78 Å². The number of rotatable bonds is 4. The fraction of sp³-hybridized carbons (Fsp3) is 0.200. The minimum atomic E-state index is -0.643. The summed E-state index contributed by atoms with van der Waals surface area (Å²) < 4.78 is 32.2. The molecule has 0 aliphatic carbocycles. The molecule has 0 spiro atoms. The third kappa shape index (κ3) is 3.22. The van der Waals surface area contributed by atoms with Crippen LogP contribution in [0.25, 0.3) is 0 Å². The van der Waals surface area contributed by atoms with Gasteiger partial charge in [-0.1, -0.05) is 17.7 Å².